The van der Waals surface area contributed by atoms with Crippen molar-refractivity contribution in [2.24, 2.45) is 40.8 Å². The van der Waals surface area contributed by atoms with E-state index in [-0.39, 0.29) is 16.9 Å². The molecular formula is C30H37N7O7. The normalized spacial score (nSPS) is 16.7. The molecule has 1 aliphatic carbocycles. The lowest BCUT2D eigenvalue weighted by atomic mass is 9.63. The van der Waals surface area contributed by atoms with Crippen LogP contribution in [0, 0.1) is 23.2 Å². The average molecular weight is 608 g/mol. The minimum atomic E-state index is -0.0653. The second-order valence-electron chi connectivity index (χ2n) is 10.7. The van der Waals surface area contributed by atoms with Gasteiger partial charge < -0.3 is 0 Å². The zero-order valence-corrected chi connectivity index (χ0v) is 25.4. The van der Waals surface area contributed by atoms with Gasteiger partial charge in [0.2, 0.25) is 42.6 Å². The Balaban J connectivity index is 0. The molecule has 0 saturated heterocycles. The van der Waals surface area contributed by atoms with Crippen LogP contribution in [0.25, 0.3) is 0 Å². The van der Waals surface area contributed by atoms with Gasteiger partial charge in [0, 0.05) is 0 Å². The highest BCUT2D eigenvalue weighted by molar-refractivity contribution is 5.61. The number of aliphatic imine (C=N–C) groups is 6. The fraction of sp³-hybridized carbons (Fsp3) is 0.567. The summed E-state index contributed by atoms with van der Waals surface area (Å²) >= 11 is 0. The minimum absolute atomic E-state index is 0.00750. The highest BCUT2D eigenvalue weighted by Gasteiger charge is 2.41. The van der Waals surface area contributed by atoms with Crippen molar-refractivity contribution >= 4 is 53.9 Å². The van der Waals surface area contributed by atoms with Crippen LogP contribution in [-0.2, 0) is 33.6 Å². The number of benzene rings is 1. The van der Waals surface area contributed by atoms with Gasteiger partial charge in [0.15, 0.2) is 0 Å². The van der Waals surface area contributed by atoms with E-state index in [0.29, 0.717) is 31.0 Å². The van der Waals surface area contributed by atoms with Crippen molar-refractivity contribution in [3.63, 3.8) is 0 Å². The number of rotatable bonds is 12. The lowest BCUT2D eigenvalue weighted by molar-refractivity contribution is 0.0915. The van der Waals surface area contributed by atoms with E-state index in [4.69, 9.17) is 10.2 Å². The van der Waals surface area contributed by atoms with Gasteiger partial charge in [0.25, 0.3) is 0 Å². The van der Waals surface area contributed by atoms with Crippen molar-refractivity contribution in [2.45, 2.75) is 78.7 Å². The van der Waals surface area contributed by atoms with Gasteiger partial charge in [0.1, 0.15) is 0 Å². The Labute approximate surface area is 255 Å². The van der Waals surface area contributed by atoms with Gasteiger partial charge in [-0.25, -0.2) is 58.9 Å². The SMILES string of the molecule is CC1(C)CC(N=C=O)CC(C)(CN=C=O)C1.Cc1ccc(N=C=O)cc1N=C=O.N=C=O.O=C=NCCCCCCN=C=O. The van der Waals surface area contributed by atoms with Crippen molar-refractivity contribution in [2.75, 3.05) is 19.6 Å². The van der Waals surface area contributed by atoms with Crippen LogP contribution in [0.1, 0.15) is 71.3 Å². The molecule has 2 unspecified atom stereocenters. The summed E-state index contributed by atoms with van der Waals surface area (Å²) in [7, 11) is 0. The number of aryl methyl sites for hydroxylation is 1. The maximum Gasteiger partial charge on any atom is 0.240 e. The van der Waals surface area contributed by atoms with E-state index in [1.807, 2.05) is 0 Å². The minimum Gasteiger partial charge on any atom is -0.222 e. The van der Waals surface area contributed by atoms with Crippen LogP contribution in [-0.4, -0.2) is 68.2 Å². The van der Waals surface area contributed by atoms with Gasteiger partial charge in [-0.3, -0.25) is 0 Å². The van der Waals surface area contributed by atoms with Crippen molar-refractivity contribution in [1.29, 1.82) is 5.41 Å². The first-order valence-corrected chi connectivity index (χ1v) is 13.5. The Hall–Kier alpha value is -5.12. The molecule has 0 amide bonds. The second-order valence-corrected chi connectivity index (χ2v) is 10.7. The maximum atomic E-state index is 10.3. The first-order chi connectivity index (χ1) is 21.0. The fourth-order valence-corrected chi connectivity index (χ4v) is 4.80. The predicted molar refractivity (Wildman–Crippen MR) is 160 cm³/mol. The highest BCUT2D eigenvalue weighted by atomic mass is 16.1. The summed E-state index contributed by atoms with van der Waals surface area (Å²) in [5.41, 5.74) is 1.77. The van der Waals surface area contributed by atoms with E-state index < -0.39 is 0 Å². The zero-order chi connectivity index (χ0) is 33.7. The van der Waals surface area contributed by atoms with Gasteiger partial charge >= 0.3 is 0 Å². The lowest BCUT2D eigenvalue weighted by Crippen LogP contribution is -2.39. The Morgan fingerprint density at radius 1 is 0.750 bits per heavy atom. The zero-order valence-electron chi connectivity index (χ0n) is 25.4. The number of hydrogen-bond donors (Lipinski definition) is 1. The smallest absolute Gasteiger partial charge is 0.222 e. The summed E-state index contributed by atoms with van der Waals surface area (Å²) in [6.45, 7) is 9.77. The first kappa shape index (κ1) is 41.0. The van der Waals surface area contributed by atoms with E-state index in [2.05, 4.69) is 50.7 Å². The van der Waals surface area contributed by atoms with Crippen LogP contribution < -0.4 is 0 Å². The van der Waals surface area contributed by atoms with Gasteiger partial charge in [-0.15, -0.1) is 0 Å². The molecule has 0 aromatic heterocycles. The summed E-state index contributed by atoms with van der Waals surface area (Å²) in [6.07, 6.45) is 16.3. The lowest BCUT2D eigenvalue weighted by Gasteiger charge is -2.44. The number of hydrogen-bond acceptors (Lipinski definition) is 14. The van der Waals surface area contributed by atoms with Gasteiger partial charge in [-0.1, -0.05) is 39.7 Å². The largest absolute Gasteiger partial charge is 0.240 e. The molecule has 2 atom stereocenters. The third-order valence-corrected chi connectivity index (χ3v) is 6.14. The van der Waals surface area contributed by atoms with Crippen LogP contribution in [0.3, 0.4) is 0 Å². The van der Waals surface area contributed by atoms with Crippen molar-refractivity contribution in [1.82, 2.24) is 0 Å². The maximum absolute atomic E-state index is 10.3. The number of nitrogens with zero attached hydrogens (tertiary/aromatic N) is 6. The standard InChI is InChI=1S/C12H18N2O2.C9H6N2O2.C8H12N2O2.CHNO/c1-11(2)4-10(14-9-16)5-12(3,6-11)7-13-8-15;1-7-2-3-8(10-5-12)4-9(7)11-6-13;11-7-9-5-3-1-2-4-6-10-8-12;2-1-3/h10H,4-7H2,1-3H3;2-4H,1H3;1-6H2;2H. The fourth-order valence-electron chi connectivity index (χ4n) is 4.80. The van der Waals surface area contributed by atoms with Crippen LogP contribution >= 0.6 is 0 Å². The summed E-state index contributed by atoms with van der Waals surface area (Å²) in [5, 5.41) is 5.40. The molecule has 0 spiro atoms. The topological polar surface area (TPSA) is 218 Å². The third kappa shape index (κ3) is 21.6. The Morgan fingerprint density at radius 3 is 1.77 bits per heavy atom. The molecule has 1 aromatic rings. The quantitative estimate of drug-likeness (QED) is 0.188. The van der Waals surface area contributed by atoms with Gasteiger partial charge in [-0.05, 0) is 67.6 Å². The van der Waals surface area contributed by atoms with E-state index in [1.54, 1.807) is 31.2 Å². The molecule has 234 valence electrons. The predicted octanol–water partition coefficient (Wildman–Crippen LogP) is 5.29. The molecule has 1 fully saturated rings. The van der Waals surface area contributed by atoms with Crippen LogP contribution in [0.2, 0.25) is 0 Å². The molecule has 14 heteroatoms. The molecule has 0 bridgehead atoms. The number of carbonyl (C=O) groups excluding carboxylic acids is 7. The van der Waals surface area contributed by atoms with Crippen LogP contribution in [0.15, 0.2) is 48.2 Å². The summed E-state index contributed by atoms with van der Waals surface area (Å²) in [5.74, 6) is 0. The summed E-state index contributed by atoms with van der Waals surface area (Å²) in [6, 6.07) is 4.88. The molecule has 0 radical (unpaired) electrons. The molecule has 0 aliphatic heterocycles. The molecule has 2 rings (SSSR count). The van der Waals surface area contributed by atoms with Crippen molar-refractivity contribution in [3.8, 4) is 0 Å². The molecule has 0 heterocycles. The molecule has 1 N–H and O–H groups in total. The number of unbranched alkanes of at least 4 members (excludes halogenated alkanes) is 3. The van der Waals surface area contributed by atoms with E-state index in [1.165, 1.54) is 30.4 Å². The van der Waals surface area contributed by atoms with Crippen LogP contribution in [0.4, 0.5) is 11.4 Å². The average Bonchev–Trinajstić information content (AvgIpc) is 2.96. The third-order valence-electron chi connectivity index (χ3n) is 6.14. The summed E-state index contributed by atoms with van der Waals surface area (Å²) in [4.78, 5) is 89.2. The van der Waals surface area contributed by atoms with Gasteiger partial charge in [0.05, 0.1) is 37.1 Å². The Bertz CT molecular complexity index is 1330. The Kier molecular flexibility index (Phi) is 23.8. The Morgan fingerprint density at radius 2 is 1.30 bits per heavy atom. The molecule has 1 saturated carbocycles. The van der Waals surface area contributed by atoms with E-state index >= 15 is 0 Å². The second kappa shape index (κ2) is 25.6. The number of isocyanates is 7. The highest BCUT2D eigenvalue weighted by Crippen LogP contribution is 2.47. The van der Waals surface area contributed by atoms with E-state index in [0.717, 1.165) is 56.6 Å². The molecule has 14 nitrogen and oxygen atoms in total. The number of nitrogens with one attached hydrogen (secondary N) is 1. The molecule has 1 aliphatic rings. The van der Waals surface area contributed by atoms with E-state index in [9.17, 15) is 28.8 Å². The monoisotopic (exact) mass is 607 g/mol. The molecular weight excluding hydrogens is 570 g/mol. The summed E-state index contributed by atoms with van der Waals surface area (Å²) < 4.78 is 0. The molecule has 44 heavy (non-hydrogen) atoms. The van der Waals surface area contributed by atoms with Crippen molar-refractivity contribution in [3.05, 3.63) is 23.8 Å². The van der Waals surface area contributed by atoms with Gasteiger partial charge in [-0.2, -0.15) is 9.98 Å². The first-order valence-electron chi connectivity index (χ1n) is 13.5. The molecule has 1 aromatic carbocycles. The van der Waals surface area contributed by atoms with Crippen LogP contribution in [0.5, 0.6) is 0 Å². The van der Waals surface area contributed by atoms with Crippen molar-refractivity contribution < 1.29 is 33.6 Å².